The van der Waals surface area contributed by atoms with Gasteiger partial charge in [-0.15, -0.1) is 0 Å². The van der Waals surface area contributed by atoms with Crippen molar-refractivity contribution in [2.75, 3.05) is 32.8 Å². The fourth-order valence-electron chi connectivity index (χ4n) is 16.2. The SMILES string of the molecule is CC(C)C[C@@H](CO)NC(=O)[C@@H]1CCCN1C(=O)C(C)(C)NC(=O)[C@H](CC(C)C)NC(=O)C(C)(C)NC(=O)[C@@H]1CCCN1C(=O)C(C)(C)NC(=O)[C@@H](NC(=O)[C@H](COC(C)(C)C)NC(=O)[C@@H]1CCCN1C(=O)C(C)(C)NC(=O)[C@H](CC(C)C)NC(=O)[C@H](CC(=O)NC(c1ccccc1)(c1ccccc1)c1ccccc1)NC(=O)C(C)(C)NC(=O)OCc1ccccc1)C(C)C. The normalized spacial score (nSPS) is 17.2. The first-order chi connectivity index (χ1) is 60.2. The fraction of sp³-hybridized carbons (Fsp3) is 0.594. The number of hydrogen-bond acceptors (Lipinski definition) is 18. The van der Waals surface area contributed by atoms with Crippen LogP contribution < -0.4 is 63.8 Å². The van der Waals surface area contributed by atoms with Crippen LogP contribution in [0.3, 0.4) is 0 Å². The molecule has 0 aliphatic carbocycles. The molecule has 0 bridgehead atoms. The van der Waals surface area contributed by atoms with Gasteiger partial charge in [0.05, 0.1) is 31.3 Å². The number of rotatable bonds is 42. The standard InChI is InChI=1S/C96H141N15O18/c1-58(2)51-66(55-112)97-80(118)71-45-34-48-109(71)86(124)94(18,19)105-79(117)68(53-60(5)6)100-84(122)91(12,13)106-82(120)73-47-36-50-111(73)88(126)95(20,21)107-83(121)75(61(7)8)102-77(115)70(57-129-90(9,10)11)99-81(119)72-46-35-49-110(72)87(125)93(16,17)104-78(116)67(52-59(3)4)98-76(114)69(101-85(123)92(14,15)108-89(127)128-56-62-37-26-22-27-38-62)54-74(113)103-96(63-39-28-23-29-40-63,64-41-30-24-31-42-64)65-43-32-25-33-44-65/h22-33,37-44,58-61,66-73,75,112H,34-36,45-57H2,1-21H3,(H,97,118)(H,98,114)(H,99,119)(H,100,122)(H,101,123)(H,102,115)(H,103,113)(H,104,116)(H,105,117)(H,106,120)(H,107,121)(H,108,127)/t66-,67-,68-,69-,70-,71-,72-,73-,75-/m0/s1. The zero-order valence-electron chi connectivity index (χ0n) is 79.1. The average molecular weight is 1790 g/mol. The van der Waals surface area contributed by atoms with Gasteiger partial charge in [0.2, 0.25) is 82.7 Å². The number of aliphatic hydroxyl groups is 1. The number of carbonyl (C=O) groups excluding carboxylic acids is 15. The number of nitrogens with one attached hydrogen (secondary N) is 12. The second-order valence-corrected chi connectivity index (χ2v) is 39.4. The highest BCUT2D eigenvalue weighted by molar-refractivity contribution is 6.03. The molecule has 3 aliphatic heterocycles. The smallest absolute Gasteiger partial charge is 0.408 e. The Bertz CT molecular complexity index is 4480. The van der Waals surface area contributed by atoms with Gasteiger partial charge in [-0.3, -0.25) is 67.1 Å². The third-order valence-corrected chi connectivity index (χ3v) is 23.1. The van der Waals surface area contributed by atoms with Gasteiger partial charge in [-0.2, -0.15) is 0 Å². The van der Waals surface area contributed by atoms with Crippen molar-refractivity contribution in [3.63, 3.8) is 0 Å². The van der Waals surface area contributed by atoms with Gasteiger partial charge in [0.15, 0.2) is 0 Å². The summed E-state index contributed by atoms with van der Waals surface area (Å²) < 4.78 is 11.6. The van der Waals surface area contributed by atoms with E-state index in [4.69, 9.17) is 9.47 Å². The molecule has 708 valence electrons. The summed E-state index contributed by atoms with van der Waals surface area (Å²) in [5, 5.41) is 43.5. The Hall–Kier alpha value is -11.4. The van der Waals surface area contributed by atoms with Gasteiger partial charge in [-0.25, -0.2) is 4.79 Å². The summed E-state index contributed by atoms with van der Waals surface area (Å²) in [5.41, 5.74) is -8.16. The van der Waals surface area contributed by atoms with E-state index in [-0.39, 0.29) is 76.3 Å². The van der Waals surface area contributed by atoms with Gasteiger partial charge in [-0.05, 0) is 194 Å². The van der Waals surface area contributed by atoms with E-state index < -0.39 is 201 Å². The van der Waals surface area contributed by atoms with E-state index in [1.54, 1.807) is 78.8 Å². The third-order valence-electron chi connectivity index (χ3n) is 23.1. The van der Waals surface area contributed by atoms with Crippen LogP contribution in [0.5, 0.6) is 0 Å². The monoisotopic (exact) mass is 1790 g/mol. The number of carbonyl (C=O) groups is 15. The van der Waals surface area contributed by atoms with Crippen molar-refractivity contribution in [2.24, 2.45) is 23.7 Å². The molecule has 0 radical (unpaired) electrons. The quantitative estimate of drug-likeness (QED) is 0.0218. The summed E-state index contributed by atoms with van der Waals surface area (Å²) in [7, 11) is 0. The predicted molar refractivity (Wildman–Crippen MR) is 486 cm³/mol. The molecule has 9 atom stereocenters. The van der Waals surface area contributed by atoms with Gasteiger partial charge in [0.25, 0.3) is 0 Å². The van der Waals surface area contributed by atoms with Crippen LogP contribution in [0, 0.1) is 23.7 Å². The molecule has 3 aliphatic rings. The van der Waals surface area contributed by atoms with E-state index >= 15 is 14.4 Å². The van der Waals surface area contributed by atoms with Gasteiger partial charge in [0.1, 0.15) is 88.2 Å². The minimum atomic E-state index is -1.81. The summed E-state index contributed by atoms with van der Waals surface area (Å²) in [6.07, 6.45) is 0.852. The topological polar surface area (TPSA) is 449 Å². The van der Waals surface area contributed by atoms with Crippen molar-refractivity contribution in [3.05, 3.63) is 144 Å². The molecule has 3 fully saturated rings. The van der Waals surface area contributed by atoms with E-state index in [2.05, 4.69) is 63.8 Å². The molecular weight excluding hydrogens is 1650 g/mol. The number of nitrogens with zero attached hydrogens (tertiary/aromatic N) is 3. The highest BCUT2D eigenvalue weighted by atomic mass is 16.5. The van der Waals surface area contributed by atoms with E-state index in [0.29, 0.717) is 54.4 Å². The van der Waals surface area contributed by atoms with Crippen molar-refractivity contribution in [1.82, 2.24) is 78.5 Å². The van der Waals surface area contributed by atoms with Crippen LogP contribution >= 0.6 is 0 Å². The molecule has 3 saturated heterocycles. The highest BCUT2D eigenvalue weighted by Gasteiger charge is 2.50. The fourth-order valence-corrected chi connectivity index (χ4v) is 16.2. The molecule has 0 spiro atoms. The van der Waals surface area contributed by atoms with E-state index in [1.807, 2.05) is 119 Å². The minimum absolute atomic E-state index is 0.0266. The Kier molecular flexibility index (Phi) is 36.7. The van der Waals surface area contributed by atoms with Crippen LogP contribution in [0.1, 0.15) is 232 Å². The largest absolute Gasteiger partial charge is 0.445 e. The van der Waals surface area contributed by atoms with Crippen LogP contribution in [0.25, 0.3) is 0 Å². The molecule has 0 aromatic heterocycles. The highest BCUT2D eigenvalue weighted by Crippen LogP contribution is 2.38. The van der Waals surface area contributed by atoms with Crippen LogP contribution in [-0.4, -0.2) is 229 Å². The van der Waals surface area contributed by atoms with Gasteiger partial charge in [0, 0.05) is 19.6 Å². The molecule has 33 heteroatoms. The molecule has 0 saturated carbocycles. The van der Waals surface area contributed by atoms with Crippen molar-refractivity contribution >= 4 is 88.8 Å². The molecule has 0 unspecified atom stereocenters. The summed E-state index contributed by atoms with van der Waals surface area (Å²) in [6.45, 7) is 33.7. The third kappa shape index (κ3) is 29.1. The lowest BCUT2D eigenvalue weighted by atomic mass is 9.77. The van der Waals surface area contributed by atoms with Gasteiger partial charge < -0.3 is 93.1 Å². The van der Waals surface area contributed by atoms with Crippen molar-refractivity contribution in [3.8, 4) is 0 Å². The Balaban J connectivity index is 1.02. The van der Waals surface area contributed by atoms with Crippen molar-refractivity contribution < 1.29 is 86.5 Å². The summed E-state index contributed by atoms with van der Waals surface area (Å²) in [6, 6.07) is 25.5. The summed E-state index contributed by atoms with van der Waals surface area (Å²) in [4.78, 5) is 222. The molecule has 4 aromatic carbocycles. The molecule has 15 amide bonds. The van der Waals surface area contributed by atoms with Gasteiger partial charge in [-0.1, -0.05) is 177 Å². The molecule has 3 heterocycles. The second kappa shape index (κ2) is 45.3. The van der Waals surface area contributed by atoms with E-state index in [0.717, 1.165) is 0 Å². The lowest BCUT2D eigenvalue weighted by molar-refractivity contribution is -0.147. The number of amides is 15. The maximum Gasteiger partial charge on any atom is 0.408 e. The molecule has 7 rings (SSSR count). The number of aliphatic hydroxyl groups excluding tert-OH is 1. The number of alkyl carbamates (subject to hydrolysis) is 1. The van der Waals surface area contributed by atoms with Crippen molar-refractivity contribution in [2.45, 2.75) is 309 Å². The second-order valence-electron chi connectivity index (χ2n) is 39.4. The molecular formula is C96H141N15O18. The lowest BCUT2D eigenvalue weighted by Crippen LogP contribution is -2.65. The minimum Gasteiger partial charge on any atom is -0.445 e. The number of benzene rings is 4. The molecule has 129 heavy (non-hydrogen) atoms. The Morgan fingerprint density at radius 1 is 0.388 bits per heavy atom. The summed E-state index contributed by atoms with van der Waals surface area (Å²) in [5.74, 6) is -11.2. The maximum absolute atomic E-state index is 15.2. The first kappa shape index (κ1) is 105. The predicted octanol–water partition coefficient (Wildman–Crippen LogP) is 6.25. The van der Waals surface area contributed by atoms with Crippen LogP contribution in [0.2, 0.25) is 0 Å². The van der Waals surface area contributed by atoms with Gasteiger partial charge >= 0.3 is 6.09 Å². The van der Waals surface area contributed by atoms with E-state index in [1.165, 1.54) is 83.9 Å². The number of likely N-dealkylation sites (tertiary alicyclic amines) is 3. The van der Waals surface area contributed by atoms with Crippen LogP contribution in [-0.2, 0) is 88.7 Å². The zero-order valence-corrected chi connectivity index (χ0v) is 79.1. The Labute approximate surface area is 759 Å². The number of hydrogen-bond donors (Lipinski definition) is 13. The Morgan fingerprint density at radius 3 is 1.16 bits per heavy atom. The zero-order chi connectivity index (χ0) is 96.1. The number of ether oxygens (including phenoxy) is 2. The molecule has 4 aromatic rings. The first-order valence-corrected chi connectivity index (χ1v) is 45.0. The lowest BCUT2D eigenvalue weighted by Gasteiger charge is -2.37. The summed E-state index contributed by atoms with van der Waals surface area (Å²) >= 11 is 0. The Morgan fingerprint density at radius 2 is 0.760 bits per heavy atom. The maximum atomic E-state index is 15.2. The van der Waals surface area contributed by atoms with Crippen LogP contribution in [0.15, 0.2) is 121 Å². The van der Waals surface area contributed by atoms with Crippen molar-refractivity contribution in [1.29, 1.82) is 0 Å². The molecule has 33 nitrogen and oxygen atoms in total. The average Bonchev–Trinajstić information content (AvgIpc) is 1.71. The first-order valence-electron chi connectivity index (χ1n) is 45.0. The van der Waals surface area contributed by atoms with E-state index in [9.17, 15) is 62.6 Å². The molecule has 13 N–H and O–H groups in total. The van der Waals surface area contributed by atoms with Crippen LogP contribution in [0.4, 0.5) is 4.79 Å².